The molecule has 140 valence electrons. The summed E-state index contributed by atoms with van der Waals surface area (Å²) in [6.45, 7) is 10.0. The van der Waals surface area contributed by atoms with Crippen molar-refractivity contribution in [2.24, 2.45) is 0 Å². The third kappa shape index (κ3) is 5.96. The highest BCUT2D eigenvalue weighted by atomic mass is 16.5. The van der Waals surface area contributed by atoms with Gasteiger partial charge in [-0.05, 0) is 37.0 Å². The van der Waals surface area contributed by atoms with E-state index in [0.29, 0.717) is 0 Å². The molecular formula is C20H33N3O2. The van der Waals surface area contributed by atoms with Crippen LogP contribution in [0.25, 0.3) is 0 Å². The number of hydrogen-bond donors (Lipinski definition) is 1. The highest BCUT2D eigenvalue weighted by Gasteiger charge is 2.14. The van der Waals surface area contributed by atoms with Gasteiger partial charge in [-0.1, -0.05) is 12.1 Å². The van der Waals surface area contributed by atoms with Crippen molar-refractivity contribution in [2.75, 3.05) is 70.5 Å². The smallest absolute Gasteiger partial charge is 0.0594 e. The molecule has 2 aliphatic heterocycles. The molecule has 5 nitrogen and oxygen atoms in total. The van der Waals surface area contributed by atoms with Gasteiger partial charge in [0.15, 0.2) is 0 Å². The predicted octanol–water partition coefficient (Wildman–Crippen LogP) is 1.80. The van der Waals surface area contributed by atoms with Crippen LogP contribution in [0, 0.1) is 0 Å². The zero-order chi connectivity index (χ0) is 17.3. The van der Waals surface area contributed by atoms with Crippen molar-refractivity contribution >= 4 is 5.69 Å². The Hall–Kier alpha value is -1.14. The molecule has 0 bridgehead atoms. The molecule has 5 heteroatoms. The first kappa shape index (κ1) is 18.6. The maximum atomic E-state index is 9.38. The summed E-state index contributed by atoms with van der Waals surface area (Å²) >= 11 is 0. The fourth-order valence-electron chi connectivity index (χ4n) is 3.74. The number of aliphatic hydroxyl groups is 1. The van der Waals surface area contributed by atoms with Crippen LogP contribution in [-0.2, 0) is 11.3 Å². The molecular weight excluding hydrogens is 314 g/mol. The Balaban J connectivity index is 1.50. The van der Waals surface area contributed by atoms with Crippen molar-refractivity contribution in [3.05, 3.63) is 29.8 Å². The Labute approximate surface area is 152 Å². The van der Waals surface area contributed by atoms with Crippen molar-refractivity contribution in [1.82, 2.24) is 9.80 Å². The first-order chi connectivity index (χ1) is 12.3. The minimum absolute atomic E-state index is 0.217. The van der Waals surface area contributed by atoms with Crippen LogP contribution in [0.3, 0.4) is 0 Å². The summed E-state index contributed by atoms with van der Waals surface area (Å²) in [5, 5.41) is 9.38. The molecule has 2 aliphatic rings. The Morgan fingerprint density at radius 3 is 2.32 bits per heavy atom. The van der Waals surface area contributed by atoms with E-state index in [1.807, 2.05) is 0 Å². The van der Waals surface area contributed by atoms with Gasteiger partial charge in [0.1, 0.15) is 0 Å². The van der Waals surface area contributed by atoms with Crippen molar-refractivity contribution in [2.45, 2.75) is 25.8 Å². The molecule has 0 saturated carbocycles. The van der Waals surface area contributed by atoms with Gasteiger partial charge in [-0.3, -0.25) is 9.80 Å². The molecule has 0 aromatic heterocycles. The van der Waals surface area contributed by atoms with Crippen LogP contribution in [0.4, 0.5) is 5.69 Å². The zero-order valence-corrected chi connectivity index (χ0v) is 15.4. The maximum absolute atomic E-state index is 9.38. The van der Waals surface area contributed by atoms with Crippen LogP contribution in [0.2, 0.25) is 0 Å². The lowest BCUT2D eigenvalue weighted by Crippen LogP contribution is -2.41. The lowest BCUT2D eigenvalue weighted by atomic mass is 10.1. The number of rotatable bonds is 8. The van der Waals surface area contributed by atoms with Gasteiger partial charge in [-0.25, -0.2) is 0 Å². The molecule has 0 amide bonds. The molecule has 1 N–H and O–H groups in total. The van der Waals surface area contributed by atoms with Crippen LogP contribution in [0.1, 0.15) is 24.8 Å². The first-order valence-electron chi connectivity index (χ1n) is 9.82. The number of anilines is 1. The van der Waals surface area contributed by atoms with Gasteiger partial charge < -0.3 is 14.7 Å². The Morgan fingerprint density at radius 2 is 1.64 bits per heavy atom. The van der Waals surface area contributed by atoms with E-state index in [0.717, 1.165) is 52.5 Å². The minimum atomic E-state index is 0.217. The highest BCUT2D eigenvalue weighted by Crippen LogP contribution is 2.20. The second kappa shape index (κ2) is 10.1. The molecule has 3 rings (SSSR count). The molecule has 2 fully saturated rings. The maximum Gasteiger partial charge on any atom is 0.0594 e. The van der Waals surface area contributed by atoms with E-state index in [1.54, 1.807) is 0 Å². The molecule has 1 aromatic carbocycles. The van der Waals surface area contributed by atoms with Gasteiger partial charge in [0.25, 0.3) is 0 Å². The van der Waals surface area contributed by atoms with E-state index in [9.17, 15) is 5.11 Å². The first-order valence-corrected chi connectivity index (χ1v) is 9.82. The zero-order valence-electron chi connectivity index (χ0n) is 15.4. The van der Waals surface area contributed by atoms with E-state index in [4.69, 9.17) is 4.74 Å². The molecule has 0 atom stereocenters. The molecule has 0 aliphatic carbocycles. The van der Waals surface area contributed by atoms with Crippen molar-refractivity contribution in [3.8, 4) is 0 Å². The standard InChI is InChI=1S/C20H33N3O2/c24-15-12-22(11-10-21-13-16-25-17-14-21)18-19-4-6-20(7-5-19)23-8-2-1-3-9-23/h4-7,24H,1-3,8-18H2. The third-order valence-electron chi connectivity index (χ3n) is 5.32. The van der Waals surface area contributed by atoms with Gasteiger partial charge in [-0.2, -0.15) is 0 Å². The molecule has 0 radical (unpaired) electrons. The molecule has 25 heavy (non-hydrogen) atoms. The molecule has 0 unspecified atom stereocenters. The van der Waals surface area contributed by atoms with Crippen molar-refractivity contribution in [3.63, 3.8) is 0 Å². The number of morpholine rings is 1. The number of hydrogen-bond acceptors (Lipinski definition) is 5. The average molecular weight is 348 g/mol. The second-order valence-corrected chi connectivity index (χ2v) is 7.17. The summed E-state index contributed by atoms with van der Waals surface area (Å²) in [7, 11) is 0. The van der Waals surface area contributed by atoms with Crippen LogP contribution < -0.4 is 4.90 Å². The minimum Gasteiger partial charge on any atom is -0.395 e. The summed E-state index contributed by atoms with van der Waals surface area (Å²) in [6, 6.07) is 9.03. The number of nitrogens with zero attached hydrogens (tertiary/aromatic N) is 3. The molecule has 0 spiro atoms. The summed E-state index contributed by atoms with van der Waals surface area (Å²) in [6.07, 6.45) is 4.00. The monoisotopic (exact) mass is 347 g/mol. The van der Waals surface area contributed by atoms with Crippen LogP contribution in [0.15, 0.2) is 24.3 Å². The Kier molecular flexibility index (Phi) is 7.55. The van der Waals surface area contributed by atoms with E-state index in [1.165, 1.54) is 43.6 Å². The highest BCUT2D eigenvalue weighted by molar-refractivity contribution is 5.47. The number of ether oxygens (including phenoxy) is 1. The molecule has 2 saturated heterocycles. The second-order valence-electron chi connectivity index (χ2n) is 7.17. The van der Waals surface area contributed by atoms with Crippen LogP contribution >= 0.6 is 0 Å². The topological polar surface area (TPSA) is 39.2 Å². The lowest BCUT2D eigenvalue weighted by Gasteiger charge is -2.30. The van der Waals surface area contributed by atoms with Gasteiger partial charge >= 0.3 is 0 Å². The largest absolute Gasteiger partial charge is 0.395 e. The lowest BCUT2D eigenvalue weighted by molar-refractivity contribution is 0.0320. The average Bonchev–Trinajstić information content (AvgIpc) is 2.68. The van der Waals surface area contributed by atoms with Gasteiger partial charge in [-0.15, -0.1) is 0 Å². The molecule has 1 aromatic rings. The molecule has 2 heterocycles. The summed E-state index contributed by atoms with van der Waals surface area (Å²) in [4.78, 5) is 7.30. The van der Waals surface area contributed by atoms with Crippen LogP contribution in [0.5, 0.6) is 0 Å². The van der Waals surface area contributed by atoms with Gasteiger partial charge in [0, 0.05) is 58.0 Å². The van der Waals surface area contributed by atoms with E-state index < -0.39 is 0 Å². The van der Waals surface area contributed by atoms with E-state index >= 15 is 0 Å². The predicted molar refractivity (Wildman–Crippen MR) is 102 cm³/mol. The fraction of sp³-hybridized carbons (Fsp3) is 0.700. The normalized spacial score (nSPS) is 19.5. The Morgan fingerprint density at radius 1 is 0.920 bits per heavy atom. The summed E-state index contributed by atoms with van der Waals surface area (Å²) in [5.74, 6) is 0. The van der Waals surface area contributed by atoms with Gasteiger partial charge in [0.2, 0.25) is 0 Å². The number of benzene rings is 1. The van der Waals surface area contributed by atoms with Crippen LogP contribution in [-0.4, -0.2) is 80.5 Å². The SMILES string of the molecule is OCCN(CCN1CCOCC1)Cc1ccc(N2CCCCC2)cc1. The quantitative estimate of drug-likeness (QED) is 0.776. The Bertz CT molecular complexity index is 482. The summed E-state index contributed by atoms with van der Waals surface area (Å²) in [5.41, 5.74) is 2.68. The summed E-state index contributed by atoms with van der Waals surface area (Å²) < 4.78 is 5.41. The number of piperidine rings is 1. The van der Waals surface area contributed by atoms with Crippen molar-refractivity contribution in [1.29, 1.82) is 0 Å². The third-order valence-corrected chi connectivity index (χ3v) is 5.32. The van der Waals surface area contributed by atoms with Gasteiger partial charge in [0.05, 0.1) is 19.8 Å². The van der Waals surface area contributed by atoms with E-state index in [2.05, 4.69) is 39.0 Å². The fourth-order valence-corrected chi connectivity index (χ4v) is 3.74. The number of aliphatic hydroxyl groups excluding tert-OH is 1. The van der Waals surface area contributed by atoms with E-state index in [-0.39, 0.29) is 6.61 Å². The van der Waals surface area contributed by atoms with Crippen molar-refractivity contribution < 1.29 is 9.84 Å².